The summed E-state index contributed by atoms with van der Waals surface area (Å²) in [5.74, 6) is 1.35. The van der Waals surface area contributed by atoms with Gasteiger partial charge in [-0.15, -0.1) is 0 Å². The minimum atomic E-state index is -0.278. The van der Waals surface area contributed by atoms with Crippen molar-refractivity contribution in [2.45, 2.75) is 13.5 Å². The third kappa shape index (κ3) is 3.43. The molecule has 0 fully saturated rings. The van der Waals surface area contributed by atoms with Gasteiger partial charge in [0.05, 0.1) is 7.11 Å². The molecule has 0 radical (unpaired) electrons. The SMILES string of the molecule is COc1ccc(-c2nc(C(=O)NCc3cccnc3)c(C)o2)cc1. The lowest BCUT2D eigenvalue weighted by Crippen LogP contribution is -2.23. The molecule has 3 aromatic rings. The van der Waals surface area contributed by atoms with Crippen LogP contribution in [0.1, 0.15) is 21.8 Å². The zero-order valence-corrected chi connectivity index (χ0v) is 13.4. The van der Waals surface area contributed by atoms with Gasteiger partial charge in [-0.05, 0) is 42.8 Å². The Hall–Kier alpha value is -3.15. The Kier molecular flexibility index (Phi) is 4.56. The fraction of sp³-hybridized carbons (Fsp3) is 0.167. The minimum absolute atomic E-state index is 0.278. The third-order valence-corrected chi connectivity index (χ3v) is 3.52. The van der Waals surface area contributed by atoms with E-state index in [0.29, 0.717) is 18.2 Å². The Morgan fingerprint density at radius 3 is 2.71 bits per heavy atom. The number of amides is 1. The predicted octanol–water partition coefficient (Wildman–Crippen LogP) is 2.98. The van der Waals surface area contributed by atoms with E-state index in [1.54, 1.807) is 26.4 Å². The summed E-state index contributed by atoms with van der Waals surface area (Å²) in [6, 6.07) is 11.0. The summed E-state index contributed by atoms with van der Waals surface area (Å²) < 4.78 is 10.7. The van der Waals surface area contributed by atoms with Crippen molar-refractivity contribution >= 4 is 5.91 Å². The summed E-state index contributed by atoms with van der Waals surface area (Å²) in [5, 5.41) is 2.82. The molecule has 0 bridgehead atoms. The van der Waals surface area contributed by atoms with Crippen molar-refractivity contribution in [3.05, 3.63) is 65.8 Å². The Labute approximate surface area is 139 Å². The van der Waals surface area contributed by atoms with Gasteiger partial charge in [-0.25, -0.2) is 4.98 Å². The number of nitrogens with one attached hydrogen (secondary N) is 1. The van der Waals surface area contributed by atoms with Crippen molar-refractivity contribution in [3.8, 4) is 17.2 Å². The number of methoxy groups -OCH3 is 1. The molecule has 0 saturated carbocycles. The van der Waals surface area contributed by atoms with Gasteiger partial charge in [0.1, 0.15) is 11.5 Å². The lowest BCUT2D eigenvalue weighted by atomic mass is 10.2. The van der Waals surface area contributed by atoms with E-state index in [2.05, 4.69) is 15.3 Å². The van der Waals surface area contributed by atoms with Gasteiger partial charge >= 0.3 is 0 Å². The zero-order valence-electron chi connectivity index (χ0n) is 13.4. The lowest BCUT2D eigenvalue weighted by molar-refractivity contribution is 0.0945. The first-order chi connectivity index (χ1) is 11.7. The number of carbonyl (C=O) groups is 1. The first-order valence-electron chi connectivity index (χ1n) is 7.46. The van der Waals surface area contributed by atoms with E-state index in [-0.39, 0.29) is 11.6 Å². The van der Waals surface area contributed by atoms with E-state index in [0.717, 1.165) is 16.9 Å². The lowest BCUT2D eigenvalue weighted by Gasteiger charge is -2.02. The topological polar surface area (TPSA) is 77.2 Å². The molecule has 1 aromatic carbocycles. The summed E-state index contributed by atoms with van der Waals surface area (Å²) in [6.45, 7) is 2.11. The second-order valence-corrected chi connectivity index (χ2v) is 5.20. The normalized spacial score (nSPS) is 10.4. The van der Waals surface area contributed by atoms with Crippen molar-refractivity contribution < 1.29 is 13.9 Å². The summed E-state index contributed by atoms with van der Waals surface area (Å²) in [5.41, 5.74) is 1.98. The van der Waals surface area contributed by atoms with Crippen LogP contribution in [0.25, 0.3) is 11.5 Å². The monoisotopic (exact) mass is 323 g/mol. The third-order valence-electron chi connectivity index (χ3n) is 3.52. The Bertz CT molecular complexity index is 826. The zero-order chi connectivity index (χ0) is 16.9. The van der Waals surface area contributed by atoms with Gasteiger partial charge in [0, 0.05) is 24.5 Å². The molecule has 24 heavy (non-hydrogen) atoms. The molecule has 1 N–H and O–H groups in total. The number of carbonyl (C=O) groups excluding carboxylic acids is 1. The van der Waals surface area contributed by atoms with Gasteiger partial charge in [0.15, 0.2) is 5.69 Å². The molecule has 2 heterocycles. The van der Waals surface area contributed by atoms with Crippen LogP contribution < -0.4 is 10.1 Å². The number of pyridine rings is 1. The molecule has 0 aliphatic heterocycles. The number of ether oxygens (including phenoxy) is 1. The van der Waals surface area contributed by atoms with Crippen LogP contribution in [0, 0.1) is 6.92 Å². The molecule has 122 valence electrons. The van der Waals surface area contributed by atoms with Crippen LogP contribution in [0.15, 0.2) is 53.2 Å². The van der Waals surface area contributed by atoms with Gasteiger partial charge in [0.2, 0.25) is 5.89 Å². The largest absolute Gasteiger partial charge is 0.497 e. The molecule has 3 rings (SSSR count). The first-order valence-corrected chi connectivity index (χ1v) is 7.46. The van der Waals surface area contributed by atoms with E-state index in [4.69, 9.17) is 9.15 Å². The number of hydrogen-bond acceptors (Lipinski definition) is 5. The molecular formula is C18H17N3O3. The van der Waals surface area contributed by atoms with Crippen LogP contribution in [0.2, 0.25) is 0 Å². The highest BCUT2D eigenvalue weighted by molar-refractivity contribution is 5.93. The van der Waals surface area contributed by atoms with Crippen molar-refractivity contribution in [1.82, 2.24) is 15.3 Å². The van der Waals surface area contributed by atoms with Crippen LogP contribution in [0.5, 0.6) is 5.75 Å². The Morgan fingerprint density at radius 1 is 1.25 bits per heavy atom. The molecule has 6 heteroatoms. The van der Waals surface area contributed by atoms with Crippen molar-refractivity contribution in [2.75, 3.05) is 7.11 Å². The summed E-state index contributed by atoms with van der Waals surface area (Å²) >= 11 is 0. The number of oxazole rings is 1. The van der Waals surface area contributed by atoms with Crippen molar-refractivity contribution in [3.63, 3.8) is 0 Å². The average Bonchev–Trinajstić information content (AvgIpc) is 3.02. The van der Waals surface area contributed by atoms with Crippen LogP contribution >= 0.6 is 0 Å². The number of rotatable bonds is 5. The average molecular weight is 323 g/mol. The molecule has 2 aromatic heterocycles. The standard InChI is InChI=1S/C18H17N3O3/c1-12-16(17(22)20-11-13-4-3-9-19-10-13)21-18(24-12)14-5-7-15(23-2)8-6-14/h3-10H,11H2,1-2H3,(H,20,22). The molecule has 0 saturated heterocycles. The van der Waals surface area contributed by atoms with Crippen molar-refractivity contribution in [2.24, 2.45) is 0 Å². The van der Waals surface area contributed by atoms with Crippen LogP contribution in [-0.2, 0) is 6.54 Å². The molecule has 1 amide bonds. The fourth-order valence-electron chi connectivity index (χ4n) is 2.23. The van der Waals surface area contributed by atoms with E-state index < -0.39 is 0 Å². The first kappa shape index (κ1) is 15.7. The maximum absolute atomic E-state index is 12.3. The quantitative estimate of drug-likeness (QED) is 0.781. The molecule has 0 spiro atoms. The summed E-state index contributed by atoms with van der Waals surface area (Å²) in [6.07, 6.45) is 3.40. The molecule has 0 aliphatic carbocycles. The van der Waals surface area contributed by atoms with Gasteiger partial charge < -0.3 is 14.5 Å². The summed E-state index contributed by atoms with van der Waals surface area (Å²) in [4.78, 5) is 20.6. The van der Waals surface area contributed by atoms with Crippen LogP contribution in [0.4, 0.5) is 0 Å². The van der Waals surface area contributed by atoms with Gasteiger partial charge in [-0.2, -0.15) is 0 Å². The van der Waals surface area contributed by atoms with E-state index in [1.807, 2.05) is 36.4 Å². The van der Waals surface area contributed by atoms with Gasteiger partial charge in [0.25, 0.3) is 5.91 Å². The van der Waals surface area contributed by atoms with E-state index >= 15 is 0 Å². The summed E-state index contributed by atoms with van der Waals surface area (Å²) in [7, 11) is 1.61. The predicted molar refractivity (Wildman–Crippen MR) is 88.6 cm³/mol. The highest BCUT2D eigenvalue weighted by atomic mass is 16.5. The van der Waals surface area contributed by atoms with Crippen LogP contribution in [0.3, 0.4) is 0 Å². The smallest absolute Gasteiger partial charge is 0.273 e. The number of aromatic nitrogens is 2. The molecule has 0 atom stereocenters. The second-order valence-electron chi connectivity index (χ2n) is 5.20. The van der Waals surface area contributed by atoms with E-state index in [1.165, 1.54) is 0 Å². The van der Waals surface area contributed by atoms with Crippen molar-refractivity contribution in [1.29, 1.82) is 0 Å². The van der Waals surface area contributed by atoms with Gasteiger partial charge in [-0.1, -0.05) is 6.07 Å². The molecule has 0 unspecified atom stereocenters. The number of aryl methyl sites for hydroxylation is 1. The maximum atomic E-state index is 12.3. The number of hydrogen-bond donors (Lipinski definition) is 1. The second kappa shape index (κ2) is 6.95. The molecule has 0 aliphatic rings. The Balaban J connectivity index is 1.74. The minimum Gasteiger partial charge on any atom is -0.497 e. The number of benzene rings is 1. The fourth-order valence-corrected chi connectivity index (χ4v) is 2.23. The Morgan fingerprint density at radius 2 is 2.04 bits per heavy atom. The van der Waals surface area contributed by atoms with Crippen LogP contribution in [-0.4, -0.2) is 23.0 Å². The molecule has 6 nitrogen and oxygen atoms in total. The number of nitrogens with zero attached hydrogens (tertiary/aromatic N) is 2. The highest BCUT2D eigenvalue weighted by Gasteiger charge is 2.17. The molecular weight excluding hydrogens is 306 g/mol. The van der Waals surface area contributed by atoms with E-state index in [9.17, 15) is 4.79 Å². The highest BCUT2D eigenvalue weighted by Crippen LogP contribution is 2.24. The van der Waals surface area contributed by atoms with Gasteiger partial charge in [-0.3, -0.25) is 9.78 Å². The maximum Gasteiger partial charge on any atom is 0.273 e.